The Hall–Kier alpha value is -1.35. The maximum atomic E-state index is 10.2. The van der Waals surface area contributed by atoms with Gasteiger partial charge in [-0.2, -0.15) is 4.99 Å². The molecule has 0 fully saturated rings. The zero-order chi connectivity index (χ0) is 17.0. The summed E-state index contributed by atoms with van der Waals surface area (Å²) in [4.78, 5) is 32.8. The fourth-order valence-corrected chi connectivity index (χ4v) is 1.66. The Kier molecular flexibility index (Phi) is 11.5. The van der Waals surface area contributed by atoms with E-state index in [0.717, 1.165) is 5.82 Å². The highest BCUT2D eigenvalue weighted by molar-refractivity contribution is 7.48. The lowest BCUT2D eigenvalue weighted by Crippen LogP contribution is -2.38. The highest BCUT2D eigenvalue weighted by Gasteiger charge is 2.17. The molecule has 2 atom stereocenters. The Morgan fingerprint density at radius 2 is 2.18 bits per heavy atom. The molecule has 0 saturated heterocycles. The molecule has 5 N–H and O–H groups in total. The van der Waals surface area contributed by atoms with Crippen molar-refractivity contribution in [2.75, 3.05) is 27.4 Å². The van der Waals surface area contributed by atoms with E-state index in [-0.39, 0.29) is 19.0 Å². The molecule has 0 aromatic heterocycles. The predicted molar refractivity (Wildman–Crippen MR) is 82.7 cm³/mol. The molecule has 0 aromatic rings. The Bertz CT molecular complexity index is 402. The van der Waals surface area contributed by atoms with Crippen LogP contribution in [0.15, 0.2) is 29.2 Å². The molecule has 0 aliphatic heterocycles. The molecule has 1 amide bonds. The molecule has 0 aromatic carbocycles. The quantitative estimate of drug-likeness (QED) is 0.125. The van der Waals surface area contributed by atoms with Crippen LogP contribution < -0.4 is 5.73 Å². The zero-order valence-electron chi connectivity index (χ0n) is 12.4. The van der Waals surface area contributed by atoms with Crippen LogP contribution in [0.1, 0.15) is 0 Å². The van der Waals surface area contributed by atoms with Gasteiger partial charge >= 0.3 is 0 Å². The molecule has 0 radical (unpaired) electrons. The van der Waals surface area contributed by atoms with Crippen LogP contribution in [0, 0.1) is 0 Å². The first kappa shape index (κ1) is 20.6. The fourth-order valence-electron chi connectivity index (χ4n) is 1.31. The first-order valence-electron chi connectivity index (χ1n) is 6.22. The van der Waals surface area contributed by atoms with E-state index in [0.29, 0.717) is 6.41 Å². The third-order valence-electron chi connectivity index (χ3n) is 2.39. The van der Waals surface area contributed by atoms with Crippen LogP contribution >= 0.6 is 8.38 Å². The summed E-state index contributed by atoms with van der Waals surface area (Å²) in [6, 6.07) is 0. The first-order valence-corrected chi connectivity index (χ1v) is 7.53. The second kappa shape index (κ2) is 12.2. The number of nitrogens with two attached hydrogens (primary N) is 1. The smallest absolute Gasteiger partial charge is 0.234 e. The Morgan fingerprint density at radius 1 is 1.50 bits per heavy atom. The molecular formula is C12H22N3O6P. The van der Waals surface area contributed by atoms with Crippen LogP contribution in [-0.2, 0) is 14.3 Å². The van der Waals surface area contributed by atoms with E-state index in [1.807, 2.05) is 0 Å². The van der Waals surface area contributed by atoms with Gasteiger partial charge in [0.15, 0.2) is 14.6 Å². The number of aliphatic hydroxyl groups is 1. The van der Waals surface area contributed by atoms with Crippen molar-refractivity contribution < 1.29 is 29.2 Å². The SMILES string of the molecule is COCC(OC(/C=C/P(O)O)CO)N(C)/C=C\C(N)=NC=O. The number of amidine groups is 1. The maximum absolute atomic E-state index is 10.2. The van der Waals surface area contributed by atoms with E-state index in [4.69, 9.17) is 25.0 Å². The van der Waals surface area contributed by atoms with Crippen molar-refractivity contribution in [2.24, 2.45) is 10.7 Å². The summed E-state index contributed by atoms with van der Waals surface area (Å²) in [7, 11) is 0.962. The van der Waals surface area contributed by atoms with Crippen LogP contribution in [-0.4, -0.2) is 71.7 Å². The molecule has 0 aliphatic carbocycles. The number of nitrogens with zero attached hydrogens (tertiary/aromatic N) is 2. The predicted octanol–water partition coefficient (Wildman–Crippen LogP) is -0.894. The topological polar surface area (TPSA) is 138 Å². The number of likely N-dealkylation sites (N-methyl/N-ethyl adjacent to an activating group) is 1. The summed E-state index contributed by atoms with van der Waals surface area (Å²) in [5.41, 5.74) is 5.44. The zero-order valence-corrected chi connectivity index (χ0v) is 13.3. The van der Waals surface area contributed by atoms with Crippen LogP contribution in [0.4, 0.5) is 0 Å². The standard InChI is InChI=1S/C12H22N3O6P/c1-15(5-3-11(13)14-9-17)12(8-20-2)21-10(7-16)4-6-22(18)19/h3-6,9-10,12,16,18-19H,7-8H2,1-2H3,(H2,13,14,17)/b5-3-,6-4+. The van der Waals surface area contributed by atoms with Gasteiger partial charge in [0.05, 0.1) is 13.2 Å². The number of carbonyl (C=O) groups excluding carboxylic acids is 1. The van der Waals surface area contributed by atoms with Crippen molar-refractivity contribution in [3.8, 4) is 0 Å². The molecule has 22 heavy (non-hydrogen) atoms. The number of hydrogen-bond acceptors (Lipinski definition) is 7. The molecule has 126 valence electrons. The number of ether oxygens (including phenoxy) is 2. The lowest BCUT2D eigenvalue weighted by Gasteiger charge is -2.28. The van der Waals surface area contributed by atoms with Crippen molar-refractivity contribution in [1.29, 1.82) is 0 Å². The number of carbonyl (C=O) groups is 1. The molecule has 0 rings (SSSR count). The van der Waals surface area contributed by atoms with Crippen molar-refractivity contribution in [2.45, 2.75) is 12.3 Å². The largest absolute Gasteiger partial charge is 0.393 e. The second-order valence-corrected chi connectivity index (χ2v) is 5.01. The van der Waals surface area contributed by atoms with E-state index in [1.165, 1.54) is 25.5 Å². The van der Waals surface area contributed by atoms with Gasteiger partial charge in [0, 0.05) is 20.4 Å². The van der Waals surface area contributed by atoms with Gasteiger partial charge in [-0.05, 0) is 18.0 Å². The molecule has 0 aliphatic rings. The number of rotatable bonds is 11. The highest BCUT2D eigenvalue weighted by Crippen LogP contribution is 2.24. The number of amides is 1. The monoisotopic (exact) mass is 335 g/mol. The lowest BCUT2D eigenvalue weighted by atomic mass is 10.3. The van der Waals surface area contributed by atoms with Crippen LogP contribution in [0.25, 0.3) is 0 Å². The van der Waals surface area contributed by atoms with E-state index < -0.39 is 20.7 Å². The lowest BCUT2D eigenvalue weighted by molar-refractivity contribution is -0.106. The first-order chi connectivity index (χ1) is 10.4. The number of hydrogen-bond donors (Lipinski definition) is 4. The Morgan fingerprint density at radius 3 is 2.68 bits per heavy atom. The molecule has 9 nitrogen and oxygen atoms in total. The van der Waals surface area contributed by atoms with Crippen LogP contribution in [0.2, 0.25) is 0 Å². The van der Waals surface area contributed by atoms with E-state index in [2.05, 4.69) is 4.99 Å². The minimum absolute atomic E-state index is 0.0304. The summed E-state index contributed by atoms with van der Waals surface area (Å²) >= 11 is 0. The number of methoxy groups -OCH3 is 1. The van der Waals surface area contributed by atoms with Gasteiger partial charge in [-0.1, -0.05) is 0 Å². The molecular weight excluding hydrogens is 313 g/mol. The summed E-state index contributed by atoms with van der Waals surface area (Å²) in [6.07, 6.45) is 3.32. The summed E-state index contributed by atoms with van der Waals surface area (Å²) in [5, 5.41) is 9.24. The van der Waals surface area contributed by atoms with Gasteiger partial charge in [0.1, 0.15) is 11.9 Å². The van der Waals surface area contributed by atoms with Gasteiger partial charge in [-0.25, -0.2) is 0 Å². The second-order valence-electron chi connectivity index (χ2n) is 4.07. The molecule has 0 spiro atoms. The summed E-state index contributed by atoms with van der Waals surface area (Å²) < 4.78 is 10.6. The molecule has 10 heteroatoms. The van der Waals surface area contributed by atoms with E-state index in [1.54, 1.807) is 11.9 Å². The molecule has 0 heterocycles. The minimum Gasteiger partial charge on any atom is -0.393 e. The van der Waals surface area contributed by atoms with Gasteiger partial charge in [0.25, 0.3) is 0 Å². The normalized spacial score (nSPS) is 15.6. The Labute approximate surface area is 130 Å². The average Bonchev–Trinajstić information content (AvgIpc) is 2.48. The third kappa shape index (κ3) is 9.56. The minimum atomic E-state index is -2.20. The highest BCUT2D eigenvalue weighted by atomic mass is 31.2. The maximum Gasteiger partial charge on any atom is 0.234 e. The van der Waals surface area contributed by atoms with E-state index >= 15 is 0 Å². The van der Waals surface area contributed by atoms with Crippen LogP contribution in [0.3, 0.4) is 0 Å². The number of aliphatic imine (C=N–C) groups is 1. The van der Waals surface area contributed by atoms with Crippen molar-refractivity contribution in [3.63, 3.8) is 0 Å². The van der Waals surface area contributed by atoms with Gasteiger partial charge in [-0.15, -0.1) is 0 Å². The van der Waals surface area contributed by atoms with Crippen LogP contribution in [0.5, 0.6) is 0 Å². The van der Waals surface area contributed by atoms with Crippen molar-refractivity contribution in [1.82, 2.24) is 4.90 Å². The molecule has 2 unspecified atom stereocenters. The summed E-state index contributed by atoms with van der Waals surface area (Å²) in [6.45, 7) is -0.158. The summed E-state index contributed by atoms with van der Waals surface area (Å²) in [5.74, 6) is 1.17. The van der Waals surface area contributed by atoms with E-state index in [9.17, 15) is 9.90 Å². The average molecular weight is 335 g/mol. The fraction of sp³-hybridized carbons (Fsp3) is 0.500. The Balaban J connectivity index is 4.81. The van der Waals surface area contributed by atoms with Crippen molar-refractivity contribution in [3.05, 3.63) is 24.2 Å². The van der Waals surface area contributed by atoms with Gasteiger partial charge in [-0.3, -0.25) is 4.79 Å². The number of aliphatic hydroxyl groups excluding tert-OH is 1. The third-order valence-corrected chi connectivity index (χ3v) is 2.83. The van der Waals surface area contributed by atoms with Gasteiger partial charge < -0.3 is 35.0 Å². The van der Waals surface area contributed by atoms with Gasteiger partial charge in [0.2, 0.25) is 6.41 Å². The van der Waals surface area contributed by atoms with Crippen molar-refractivity contribution >= 4 is 20.6 Å². The molecule has 0 bridgehead atoms. The molecule has 0 saturated carbocycles.